The van der Waals surface area contributed by atoms with Gasteiger partial charge in [0.25, 0.3) is 0 Å². The lowest BCUT2D eigenvalue weighted by atomic mass is 9.72. The molecule has 1 aromatic carbocycles. The van der Waals surface area contributed by atoms with E-state index in [1.165, 1.54) is 44.1 Å². The van der Waals surface area contributed by atoms with Gasteiger partial charge in [-0.2, -0.15) is 0 Å². The molecular weight excluding hydrogens is 271 g/mol. The van der Waals surface area contributed by atoms with Gasteiger partial charge >= 0.3 is 0 Å². The zero-order valence-electron chi connectivity index (χ0n) is 13.6. The van der Waals surface area contributed by atoms with Gasteiger partial charge in [0.05, 0.1) is 0 Å². The van der Waals surface area contributed by atoms with Crippen LogP contribution in [0.3, 0.4) is 0 Å². The summed E-state index contributed by atoms with van der Waals surface area (Å²) in [6, 6.07) is 6.85. The van der Waals surface area contributed by atoms with Crippen LogP contribution in [0.1, 0.15) is 57.4 Å². The van der Waals surface area contributed by atoms with Crippen molar-refractivity contribution in [3.63, 3.8) is 0 Å². The van der Waals surface area contributed by atoms with E-state index in [4.69, 9.17) is 0 Å². The molecule has 0 spiro atoms. The molecule has 1 saturated carbocycles. The molecule has 0 saturated heterocycles. The van der Waals surface area contributed by atoms with Gasteiger partial charge in [0.2, 0.25) is 0 Å². The average molecular weight is 298 g/mol. The van der Waals surface area contributed by atoms with Gasteiger partial charge in [0.1, 0.15) is 5.82 Å². The zero-order valence-corrected chi connectivity index (χ0v) is 13.6. The molecule has 1 aromatic rings. The highest BCUT2D eigenvalue weighted by atomic mass is 19.1. The van der Waals surface area contributed by atoms with Crippen LogP contribution in [0.15, 0.2) is 42.5 Å². The number of allylic oxidation sites excluding steroid dienone is 4. The van der Waals surface area contributed by atoms with E-state index in [0.29, 0.717) is 5.92 Å². The van der Waals surface area contributed by atoms with Gasteiger partial charge in [0, 0.05) is 0 Å². The van der Waals surface area contributed by atoms with Crippen molar-refractivity contribution in [2.75, 3.05) is 0 Å². The van der Waals surface area contributed by atoms with Crippen LogP contribution in [0.5, 0.6) is 0 Å². The second-order valence-corrected chi connectivity index (χ2v) is 6.99. The third-order valence-electron chi connectivity index (χ3n) is 5.50. The molecule has 0 aromatic heterocycles. The van der Waals surface area contributed by atoms with E-state index in [2.05, 4.69) is 25.2 Å². The number of rotatable bonds is 4. The Balaban J connectivity index is 1.56. The monoisotopic (exact) mass is 298 g/mol. The van der Waals surface area contributed by atoms with Gasteiger partial charge in [-0.1, -0.05) is 63.0 Å². The van der Waals surface area contributed by atoms with Gasteiger partial charge in [0.15, 0.2) is 0 Å². The van der Waals surface area contributed by atoms with Crippen LogP contribution in [0.4, 0.5) is 4.39 Å². The number of hydrogen-bond acceptors (Lipinski definition) is 0. The first-order valence-electron chi connectivity index (χ1n) is 8.90. The fraction of sp³-hybridized carbons (Fsp3) is 0.524. The maximum absolute atomic E-state index is 13.0. The molecule has 118 valence electrons. The first-order valence-corrected chi connectivity index (χ1v) is 8.90. The van der Waals surface area contributed by atoms with Crippen molar-refractivity contribution in [3.8, 4) is 0 Å². The summed E-state index contributed by atoms with van der Waals surface area (Å²) in [7, 11) is 0. The molecule has 22 heavy (non-hydrogen) atoms. The molecule has 0 bridgehead atoms. The van der Waals surface area contributed by atoms with Gasteiger partial charge in [-0.3, -0.25) is 0 Å². The molecule has 1 heteroatoms. The summed E-state index contributed by atoms with van der Waals surface area (Å²) in [6.07, 6.45) is 16.6. The Morgan fingerprint density at radius 1 is 1.05 bits per heavy atom. The van der Waals surface area contributed by atoms with E-state index in [1.54, 1.807) is 12.1 Å². The summed E-state index contributed by atoms with van der Waals surface area (Å²) in [6.45, 7) is 2.30. The molecule has 0 radical (unpaired) electrons. The smallest absolute Gasteiger partial charge is 0.123 e. The Morgan fingerprint density at radius 3 is 2.36 bits per heavy atom. The summed E-state index contributed by atoms with van der Waals surface area (Å²) in [4.78, 5) is 0. The van der Waals surface area contributed by atoms with Crippen molar-refractivity contribution >= 4 is 5.57 Å². The minimum absolute atomic E-state index is 0.161. The van der Waals surface area contributed by atoms with Crippen molar-refractivity contribution in [1.82, 2.24) is 0 Å². The van der Waals surface area contributed by atoms with Crippen molar-refractivity contribution in [2.45, 2.75) is 51.9 Å². The standard InChI is InChI=1S/C21H27F/c1-2-3-16-4-6-17(7-5-16)18-8-10-19(11-9-18)20-12-14-21(22)15-13-20/h8,10-18H,2-7,9H2,1H3. The third kappa shape index (κ3) is 3.69. The molecule has 1 unspecified atom stereocenters. The van der Waals surface area contributed by atoms with Crippen molar-refractivity contribution in [1.29, 1.82) is 0 Å². The van der Waals surface area contributed by atoms with Gasteiger partial charge < -0.3 is 0 Å². The van der Waals surface area contributed by atoms with E-state index in [1.807, 2.05) is 12.1 Å². The predicted octanol–water partition coefficient (Wildman–Crippen LogP) is 6.39. The molecule has 2 aliphatic carbocycles. The average Bonchev–Trinajstić information content (AvgIpc) is 2.57. The van der Waals surface area contributed by atoms with Crippen LogP contribution in [-0.2, 0) is 0 Å². The Morgan fingerprint density at radius 2 is 1.77 bits per heavy atom. The normalized spacial score (nSPS) is 28.5. The maximum atomic E-state index is 13.0. The fourth-order valence-electron chi connectivity index (χ4n) is 4.16. The first kappa shape index (κ1) is 15.5. The van der Waals surface area contributed by atoms with Crippen molar-refractivity contribution in [3.05, 3.63) is 53.9 Å². The number of halogens is 1. The van der Waals surface area contributed by atoms with Gasteiger partial charge in [-0.15, -0.1) is 0 Å². The first-order chi connectivity index (χ1) is 10.8. The van der Waals surface area contributed by atoms with Crippen LogP contribution in [0, 0.1) is 23.6 Å². The van der Waals surface area contributed by atoms with E-state index >= 15 is 0 Å². The largest absolute Gasteiger partial charge is 0.207 e. The second kappa shape index (κ2) is 7.26. The summed E-state index contributed by atoms with van der Waals surface area (Å²) in [5.74, 6) is 2.41. The second-order valence-electron chi connectivity index (χ2n) is 6.99. The highest BCUT2D eigenvalue weighted by molar-refractivity contribution is 5.74. The molecule has 1 fully saturated rings. The summed E-state index contributed by atoms with van der Waals surface area (Å²) >= 11 is 0. The van der Waals surface area contributed by atoms with Crippen LogP contribution >= 0.6 is 0 Å². The van der Waals surface area contributed by atoms with E-state index < -0.39 is 0 Å². The van der Waals surface area contributed by atoms with Crippen LogP contribution in [-0.4, -0.2) is 0 Å². The quantitative estimate of drug-likeness (QED) is 0.604. The summed E-state index contributed by atoms with van der Waals surface area (Å²) in [5.41, 5.74) is 2.37. The van der Waals surface area contributed by atoms with Crippen molar-refractivity contribution in [2.24, 2.45) is 17.8 Å². The molecule has 0 aliphatic heterocycles. The SMILES string of the molecule is CCCC1CCC(C2C=CC(c3ccc(F)cc3)=CC2)CC1. The van der Waals surface area contributed by atoms with E-state index in [-0.39, 0.29) is 5.82 Å². The van der Waals surface area contributed by atoms with E-state index in [9.17, 15) is 4.39 Å². The fourth-order valence-corrected chi connectivity index (χ4v) is 4.16. The Bertz CT molecular complexity index is 530. The lowest BCUT2D eigenvalue weighted by Gasteiger charge is -2.33. The Labute approximate surface area is 134 Å². The van der Waals surface area contributed by atoms with Crippen LogP contribution in [0.25, 0.3) is 5.57 Å². The van der Waals surface area contributed by atoms with Crippen LogP contribution < -0.4 is 0 Å². The highest BCUT2D eigenvalue weighted by Crippen LogP contribution is 2.39. The molecule has 1 atom stereocenters. The Hall–Kier alpha value is -1.37. The molecule has 3 rings (SSSR count). The minimum Gasteiger partial charge on any atom is -0.207 e. The molecule has 0 amide bonds. The minimum atomic E-state index is -0.161. The molecule has 0 N–H and O–H groups in total. The molecule has 0 nitrogen and oxygen atoms in total. The summed E-state index contributed by atoms with van der Waals surface area (Å²) < 4.78 is 13.0. The zero-order chi connectivity index (χ0) is 15.4. The van der Waals surface area contributed by atoms with Gasteiger partial charge in [-0.25, -0.2) is 4.39 Å². The third-order valence-corrected chi connectivity index (χ3v) is 5.50. The Kier molecular flexibility index (Phi) is 5.12. The predicted molar refractivity (Wildman–Crippen MR) is 92.0 cm³/mol. The number of hydrogen-bond donors (Lipinski definition) is 0. The van der Waals surface area contributed by atoms with Crippen LogP contribution in [0.2, 0.25) is 0 Å². The highest BCUT2D eigenvalue weighted by Gasteiger charge is 2.26. The lowest BCUT2D eigenvalue weighted by molar-refractivity contribution is 0.221. The lowest BCUT2D eigenvalue weighted by Crippen LogP contribution is -2.21. The topological polar surface area (TPSA) is 0 Å². The number of benzene rings is 1. The molecule has 2 aliphatic rings. The molecule has 0 heterocycles. The van der Waals surface area contributed by atoms with E-state index in [0.717, 1.165) is 23.8 Å². The summed E-state index contributed by atoms with van der Waals surface area (Å²) in [5, 5.41) is 0. The van der Waals surface area contributed by atoms with Gasteiger partial charge in [-0.05, 0) is 60.3 Å². The van der Waals surface area contributed by atoms with Crippen molar-refractivity contribution < 1.29 is 4.39 Å². The maximum Gasteiger partial charge on any atom is 0.123 e. The molecular formula is C21H27F.